The van der Waals surface area contributed by atoms with Gasteiger partial charge in [0.15, 0.2) is 0 Å². The van der Waals surface area contributed by atoms with Crippen molar-refractivity contribution in [2.24, 2.45) is 0 Å². The third kappa shape index (κ3) is 4.43. The van der Waals surface area contributed by atoms with Gasteiger partial charge in [-0.15, -0.1) is 0 Å². The largest absolute Gasteiger partial charge is 0.444 e. The van der Waals surface area contributed by atoms with Crippen molar-refractivity contribution in [3.05, 3.63) is 29.6 Å². The monoisotopic (exact) mass is 322 g/mol. The normalized spacial score (nSPS) is 18.0. The average molecular weight is 322 g/mol. The fraction of sp³-hybridized carbons (Fsp3) is 0.529. The lowest BCUT2D eigenvalue weighted by atomic mass is 10.2. The summed E-state index contributed by atoms with van der Waals surface area (Å²) in [5.74, 6) is -0.699. The van der Waals surface area contributed by atoms with Crippen LogP contribution in [0.1, 0.15) is 39.2 Å². The van der Waals surface area contributed by atoms with Crippen LogP contribution in [0.15, 0.2) is 18.2 Å². The molecule has 1 heterocycles. The van der Waals surface area contributed by atoms with Crippen LogP contribution in [0.3, 0.4) is 0 Å². The Kier molecular flexibility index (Phi) is 4.92. The van der Waals surface area contributed by atoms with Gasteiger partial charge in [0.05, 0.1) is 0 Å². The zero-order valence-corrected chi connectivity index (χ0v) is 14.0. The highest BCUT2D eigenvalue weighted by Gasteiger charge is 2.36. The first kappa shape index (κ1) is 17.2. The highest BCUT2D eigenvalue weighted by Crippen LogP contribution is 2.22. The van der Waals surface area contributed by atoms with Gasteiger partial charge in [-0.25, -0.2) is 9.18 Å². The van der Waals surface area contributed by atoms with E-state index in [0.29, 0.717) is 24.2 Å². The summed E-state index contributed by atoms with van der Waals surface area (Å²) in [5, 5.41) is 2.67. The molecule has 6 heteroatoms. The van der Waals surface area contributed by atoms with Gasteiger partial charge in [0.25, 0.3) is 0 Å². The van der Waals surface area contributed by atoms with Crippen molar-refractivity contribution >= 4 is 17.7 Å². The maximum atomic E-state index is 13.6. The summed E-state index contributed by atoms with van der Waals surface area (Å²) in [6.07, 6.45) is 0.809. The fourth-order valence-corrected chi connectivity index (χ4v) is 2.47. The summed E-state index contributed by atoms with van der Waals surface area (Å²) in [6, 6.07) is 3.93. The maximum Gasteiger partial charge on any atom is 0.410 e. The van der Waals surface area contributed by atoms with Gasteiger partial charge in [-0.3, -0.25) is 9.69 Å². The van der Waals surface area contributed by atoms with Gasteiger partial charge in [-0.1, -0.05) is 6.07 Å². The SMILES string of the molecule is Cc1ccc(NC(=O)[C@@H]2CCCN2C(=O)OC(C)(C)C)cc1F. The first-order chi connectivity index (χ1) is 10.7. The first-order valence-corrected chi connectivity index (χ1v) is 7.74. The number of anilines is 1. The molecule has 1 aliphatic heterocycles. The molecule has 1 N–H and O–H groups in total. The Hall–Kier alpha value is -2.11. The summed E-state index contributed by atoms with van der Waals surface area (Å²) in [6.45, 7) is 7.48. The zero-order chi connectivity index (χ0) is 17.2. The molecule has 1 aromatic rings. The topological polar surface area (TPSA) is 58.6 Å². The van der Waals surface area contributed by atoms with Crippen molar-refractivity contribution < 1.29 is 18.7 Å². The van der Waals surface area contributed by atoms with E-state index in [1.165, 1.54) is 11.0 Å². The second-order valence-corrected chi connectivity index (χ2v) is 6.78. The van der Waals surface area contributed by atoms with Crippen LogP contribution in [-0.2, 0) is 9.53 Å². The Morgan fingerprint density at radius 1 is 1.35 bits per heavy atom. The van der Waals surface area contributed by atoms with Gasteiger partial charge >= 0.3 is 6.09 Å². The Labute approximate surface area is 135 Å². The minimum atomic E-state index is -0.610. The Balaban J connectivity index is 2.05. The smallest absolute Gasteiger partial charge is 0.410 e. The van der Waals surface area contributed by atoms with Crippen LogP contribution < -0.4 is 5.32 Å². The summed E-state index contributed by atoms with van der Waals surface area (Å²) in [4.78, 5) is 26.0. The van der Waals surface area contributed by atoms with E-state index in [1.54, 1.807) is 39.8 Å². The van der Waals surface area contributed by atoms with E-state index in [4.69, 9.17) is 4.74 Å². The van der Waals surface area contributed by atoms with Crippen molar-refractivity contribution in [3.8, 4) is 0 Å². The Morgan fingerprint density at radius 2 is 2.04 bits per heavy atom. The average Bonchev–Trinajstić information content (AvgIpc) is 2.90. The molecule has 0 unspecified atom stereocenters. The molecule has 5 nitrogen and oxygen atoms in total. The highest BCUT2D eigenvalue weighted by molar-refractivity contribution is 5.96. The van der Waals surface area contributed by atoms with E-state index in [9.17, 15) is 14.0 Å². The molecule has 1 atom stereocenters. The van der Waals surface area contributed by atoms with Crippen LogP contribution >= 0.6 is 0 Å². The Bertz CT molecular complexity index is 610. The van der Waals surface area contributed by atoms with Crippen molar-refractivity contribution in [1.82, 2.24) is 4.90 Å². The minimum absolute atomic E-state index is 0.323. The lowest BCUT2D eigenvalue weighted by Crippen LogP contribution is -2.45. The van der Waals surface area contributed by atoms with Crippen molar-refractivity contribution in [3.63, 3.8) is 0 Å². The quantitative estimate of drug-likeness (QED) is 0.907. The van der Waals surface area contributed by atoms with E-state index >= 15 is 0 Å². The van der Waals surface area contributed by atoms with Gasteiger partial charge in [0.2, 0.25) is 5.91 Å². The molecule has 0 radical (unpaired) electrons. The van der Waals surface area contributed by atoms with E-state index < -0.39 is 17.7 Å². The molecule has 126 valence electrons. The standard InChI is InChI=1S/C17H23FN2O3/c1-11-7-8-12(10-13(11)18)19-15(21)14-6-5-9-20(14)16(22)23-17(2,3)4/h7-8,10,14H,5-6,9H2,1-4H3,(H,19,21)/t14-/m0/s1. The molecule has 1 saturated heterocycles. The molecule has 2 rings (SSSR count). The summed E-state index contributed by atoms with van der Waals surface area (Å²) in [5.41, 5.74) is 0.286. The van der Waals surface area contributed by atoms with Gasteiger partial charge in [-0.05, 0) is 58.2 Å². The maximum absolute atomic E-state index is 13.6. The molecule has 1 aliphatic rings. The van der Waals surface area contributed by atoms with Crippen molar-refractivity contribution in [1.29, 1.82) is 0 Å². The van der Waals surface area contributed by atoms with E-state index in [-0.39, 0.29) is 11.7 Å². The summed E-state index contributed by atoms with van der Waals surface area (Å²) in [7, 11) is 0. The van der Waals surface area contributed by atoms with Gasteiger partial charge in [-0.2, -0.15) is 0 Å². The van der Waals surface area contributed by atoms with E-state index in [1.807, 2.05) is 0 Å². The Morgan fingerprint density at radius 3 is 2.65 bits per heavy atom. The molecule has 0 saturated carbocycles. The number of benzene rings is 1. The number of carbonyl (C=O) groups excluding carboxylic acids is 2. The molecule has 1 aromatic carbocycles. The van der Waals surface area contributed by atoms with Crippen LogP contribution in [0.5, 0.6) is 0 Å². The third-order valence-corrected chi connectivity index (χ3v) is 3.62. The number of ether oxygens (including phenoxy) is 1. The molecule has 0 aliphatic carbocycles. The molecular formula is C17H23FN2O3. The van der Waals surface area contributed by atoms with Gasteiger partial charge < -0.3 is 10.1 Å². The number of nitrogens with one attached hydrogen (secondary N) is 1. The third-order valence-electron chi connectivity index (χ3n) is 3.62. The number of carbonyl (C=O) groups is 2. The molecular weight excluding hydrogens is 299 g/mol. The number of likely N-dealkylation sites (tertiary alicyclic amines) is 1. The lowest BCUT2D eigenvalue weighted by molar-refractivity contribution is -0.120. The van der Waals surface area contributed by atoms with Crippen molar-refractivity contribution in [2.75, 3.05) is 11.9 Å². The zero-order valence-electron chi connectivity index (χ0n) is 14.0. The number of nitrogens with zero attached hydrogens (tertiary/aromatic N) is 1. The number of hydrogen-bond donors (Lipinski definition) is 1. The van der Waals surface area contributed by atoms with Gasteiger partial charge in [0.1, 0.15) is 17.5 Å². The molecule has 2 amide bonds. The molecule has 0 aromatic heterocycles. The fourth-order valence-electron chi connectivity index (χ4n) is 2.47. The predicted molar refractivity (Wildman–Crippen MR) is 85.7 cm³/mol. The van der Waals surface area contributed by atoms with E-state index in [2.05, 4.69) is 5.32 Å². The van der Waals surface area contributed by atoms with Crippen molar-refractivity contribution in [2.45, 2.75) is 52.2 Å². The summed E-state index contributed by atoms with van der Waals surface area (Å²) < 4.78 is 18.9. The second-order valence-electron chi connectivity index (χ2n) is 6.78. The number of aryl methyl sites for hydroxylation is 1. The van der Waals surface area contributed by atoms with Crippen LogP contribution in [-0.4, -0.2) is 35.1 Å². The number of halogens is 1. The first-order valence-electron chi connectivity index (χ1n) is 7.74. The molecule has 1 fully saturated rings. The number of hydrogen-bond acceptors (Lipinski definition) is 3. The van der Waals surface area contributed by atoms with Crippen LogP contribution in [0, 0.1) is 12.7 Å². The minimum Gasteiger partial charge on any atom is -0.444 e. The number of amides is 2. The van der Waals surface area contributed by atoms with Crippen LogP contribution in [0.2, 0.25) is 0 Å². The highest BCUT2D eigenvalue weighted by atomic mass is 19.1. The van der Waals surface area contributed by atoms with Gasteiger partial charge in [0, 0.05) is 12.2 Å². The predicted octanol–water partition coefficient (Wildman–Crippen LogP) is 3.47. The number of rotatable bonds is 2. The summed E-state index contributed by atoms with van der Waals surface area (Å²) >= 11 is 0. The molecule has 23 heavy (non-hydrogen) atoms. The van der Waals surface area contributed by atoms with E-state index in [0.717, 1.165) is 6.42 Å². The van der Waals surface area contributed by atoms with Crippen LogP contribution in [0.25, 0.3) is 0 Å². The molecule has 0 bridgehead atoms. The second kappa shape index (κ2) is 6.56. The molecule has 0 spiro atoms. The lowest BCUT2D eigenvalue weighted by Gasteiger charge is -2.28. The van der Waals surface area contributed by atoms with Crippen LogP contribution in [0.4, 0.5) is 14.9 Å².